The van der Waals surface area contributed by atoms with Crippen molar-refractivity contribution in [1.82, 2.24) is 5.32 Å². The molecule has 0 aliphatic rings. The minimum absolute atomic E-state index is 0.0367. The first-order chi connectivity index (χ1) is 9.15. The highest BCUT2D eigenvalue weighted by molar-refractivity contribution is 5.77. The molecular formula is C15H20N2O2. The van der Waals surface area contributed by atoms with E-state index in [2.05, 4.69) is 18.2 Å². The summed E-state index contributed by atoms with van der Waals surface area (Å²) in [5, 5.41) is 2.54. The molecule has 1 aromatic carbocycles. The van der Waals surface area contributed by atoms with Crippen LogP contribution in [0, 0.1) is 12.3 Å². The van der Waals surface area contributed by atoms with Crippen molar-refractivity contribution in [1.29, 1.82) is 0 Å². The van der Waals surface area contributed by atoms with E-state index >= 15 is 0 Å². The van der Waals surface area contributed by atoms with Crippen LogP contribution in [-0.2, 0) is 11.2 Å². The third-order valence-electron chi connectivity index (χ3n) is 2.68. The average molecular weight is 260 g/mol. The Bertz CT molecular complexity index is 452. The van der Waals surface area contributed by atoms with Crippen LogP contribution in [0.1, 0.15) is 18.9 Å². The first kappa shape index (κ1) is 15.1. The van der Waals surface area contributed by atoms with E-state index < -0.39 is 0 Å². The summed E-state index contributed by atoms with van der Waals surface area (Å²) in [6.45, 7) is 2.24. The molecule has 0 heterocycles. The normalized spacial score (nSPS) is 11.4. The summed E-state index contributed by atoms with van der Waals surface area (Å²) in [4.78, 5) is 11.3. The molecule has 0 saturated carbocycles. The zero-order valence-corrected chi connectivity index (χ0v) is 11.2. The Hall–Kier alpha value is -1.99. The lowest BCUT2D eigenvalue weighted by Gasteiger charge is -2.10. The SMILES string of the molecule is C#CCNC(=O)COc1cccc(CC(N)CC)c1. The maximum Gasteiger partial charge on any atom is 0.258 e. The minimum atomic E-state index is -0.228. The fraction of sp³-hybridized carbons (Fsp3) is 0.400. The summed E-state index contributed by atoms with van der Waals surface area (Å²) in [5.74, 6) is 2.77. The molecule has 1 rings (SSSR count). The van der Waals surface area contributed by atoms with Crippen molar-refractivity contribution in [2.45, 2.75) is 25.8 Å². The number of hydrogen-bond donors (Lipinski definition) is 2. The fourth-order valence-corrected chi connectivity index (χ4v) is 1.56. The van der Waals surface area contributed by atoms with Crippen LogP contribution in [0.15, 0.2) is 24.3 Å². The van der Waals surface area contributed by atoms with Crippen LogP contribution >= 0.6 is 0 Å². The summed E-state index contributed by atoms with van der Waals surface area (Å²) in [6, 6.07) is 7.77. The highest BCUT2D eigenvalue weighted by Crippen LogP contribution is 2.14. The van der Waals surface area contributed by atoms with Crippen LogP contribution in [0.3, 0.4) is 0 Å². The van der Waals surface area contributed by atoms with Gasteiger partial charge in [-0.3, -0.25) is 4.79 Å². The molecule has 0 aliphatic carbocycles. The monoisotopic (exact) mass is 260 g/mol. The molecule has 1 atom stereocenters. The molecule has 4 nitrogen and oxygen atoms in total. The second-order valence-electron chi connectivity index (χ2n) is 4.29. The van der Waals surface area contributed by atoms with Gasteiger partial charge in [-0.05, 0) is 30.5 Å². The van der Waals surface area contributed by atoms with E-state index in [1.807, 2.05) is 24.3 Å². The van der Waals surface area contributed by atoms with Gasteiger partial charge in [-0.15, -0.1) is 6.42 Å². The Labute approximate surface area is 114 Å². The van der Waals surface area contributed by atoms with Crippen LogP contribution in [0.25, 0.3) is 0 Å². The van der Waals surface area contributed by atoms with Gasteiger partial charge in [-0.25, -0.2) is 0 Å². The largest absolute Gasteiger partial charge is 0.484 e. The second-order valence-corrected chi connectivity index (χ2v) is 4.29. The number of benzene rings is 1. The van der Waals surface area contributed by atoms with E-state index in [1.54, 1.807) is 0 Å². The average Bonchev–Trinajstić information content (AvgIpc) is 2.43. The molecule has 3 N–H and O–H groups in total. The van der Waals surface area contributed by atoms with Crippen molar-refractivity contribution in [3.05, 3.63) is 29.8 Å². The number of nitrogens with one attached hydrogen (secondary N) is 1. The Morgan fingerprint density at radius 3 is 3.05 bits per heavy atom. The zero-order valence-electron chi connectivity index (χ0n) is 11.2. The molecule has 19 heavy (non-hydrogen) atoms. The summed E-state index contributed by atoms with van der Waals surface area (Å²) in [6.07, 6.45) is 6.78. The molecule has 4 heteroatoms. The topological polar surface area (TPSA) is 64.3 Å². The van der Waals surface area contributed by atoms with E-state index in [0.29, 0.717) is 5.75 Å². The smallest absolute Gasteiger partial charge is 0.258 e. The molecule has 0 aliphatic heterocycles. The number of amides is 1. The molecule has 102 valence electrons. The summed E-state index contributed by atoms with van der Waals surface area (Å²) in [5.41, 5.74) is 7.02. The van der Waals surface area contributed by atoms with E-state index in [4.69, 9.17) is 16.9 Å². The summed E-state index contributed by atoms with van der Waals surface area (Å²) < 4.78 is 5.40. The third kappa shape index (κ3) is 5.94. The van der Waals surface area contributed by atoms with Crippen molar-refractivity contribution < 1.29 is 9.53 Å². The van der Waals surface area contributed by atoms with Gasteiger partial charge >= 0.3 is 0 Å². The Kier molecular flexibility index (Phi) is 6.48. The maximum absolute atomic E-state index is 11.3. The lowest BCUT2D eigenvalue weighted by Crippen LogP contribution is -2.29. The van der Waals surface area contributed by atoms with Gasteiger partial charge in [0.05, 0.1) is 6.54 Å². The number of hydrogen-bond acceptors (Lipinski definition) is 3. The fourth-order valence-electron chi connectivity index (χ4n) is 1.56. The predicted octanol–water partition coefficient (Wildman–Crippen LogP) is 1.09. The van der Waals surface area contributed by atoms with E-state index in [1.165, 1.54) is 0 Å². The van der Waals surface area contributed by atoms with Crippen LogP contribution in [0.2, 0.25) is 0 Å². The molecule has 1 aromatic rings. The number of ether oxygens (including phenoxy) is 1. The minimum Gasteiger partial charge on any atom is -0.484 e. The van der Waals surface area contributed by atoms with Crippen molar-refractivity contribution in [3.63, 3.8) is 0 Å². The van der Waals surface area contributed by atoms with Gasteiger partial charge in [-0.2, -0.15) is 0 Å². The molecule has 0 spiro atoms. The Morgan fingerprint density at radius 1 is 1.58 bits per heavy atom. The van der Waals surface area contributed by atoms with Gasteiger partial charge in [0.15, 0.2) is 6.61 Å². The Balaban J connectivity index is 2.48. The highest BCUT2D eigenvalue weighted by Gasteiger charge is 2.04. The predicted molar refractivity (Wildman–Crippen MR) is 75.8 cm³/mol. The molecule has 0 fully saturated rings. The number of nitrogens with two attached hydrogens (primary N) is 1. The lowest BCUT2D eigenvalue weighted by atomic mass is 10.0. The van der Waals surface area contributed by atoms with E-state index in [9.17, 15) is 4.79 Å². The molecule has 1 amide bonds. The highest BCUT2D eigenvalue weighted by atomic mass is 16.5. The van der Waals surface area contributed by atoms with Crippen molar-refractivity contribution in [3.8, 4) is 18.1 Å². The third-order valence-corrected chi connectivity index (χ3v) is 2.68. The van der Waals surface area contributed by atoms with Gasteiger partial charge in [0.1, 0.15) is 5.75 Å². The van der Waals surface area contributed by atoms with Gasteiger partial charge in [0, 0.05) is 6.04 Å². The first-order valence-electron chi connectivity index (χ1n) is 6.33. The molecule has 1 unspecified atom stereocenters. The second kappa shape index (κ2) is 8.17. The van der Waals surface area contributed by atoms with Crippen molar-refractivity contribution in [2.75, 3.05) is 13.2 Å². The molecule has 0 radical (unpaired) electrons. The van der Waals surface area contributed by atoms with Gasteiger partial charge in [0.2, 0.25) is 0 Å². The molecule has 0 aromatic heterocycles. The van der Waals surface area contributed by atoms with Crippen LogP contribution in [0.5, 0.6) is 5.75 Å². The van der Waals surface area contributed by atoms with Gasteiger partial charge < -0.3 is 15.8 Å². The molecular weight excluding hydrogens is 240 g/mol. The first-order valence-corrected chi connectivity index (χ1v) is 6.33. The zero-order chi connectivity index (χ0) is 14.1. The number of rotatable bonds is 7. The van der Waals surface area contributed by atoms with Crippen molar-refractivity contribution >= 4 is 5.91 Å². The number of terminal acetylenes is 1. The standard InChI is InChI=1S/C15H20N2O2/c1-3-8-17-15(18)11-19-14-7-5-6-12(10-14)9-13(16)4-2/h1,5-7,10,13H,4,8-9,11,16H2,2H3,(H,17,18). The quantitative estimate of drug-likeness (QED) is 0.721. The van der Waals surface area contributed by atoms with Gasteiger partial charge in [0.25, 0.3) is 5.91 Å². The molecule has 0 bridgehead atoms. The Morgan fingerprint density at radius 2 is 2.37 bits per heavy atom. The van der Waals surface area contributed by atoms with Crippen LogP contribution in [0.4, 0.5) is 0 Å². The van der Waals surface area contributed by atoms with E-state index in [0.717, 1.165) is 18.4 Å². The van der Waals surface area contributed by atoms with Crippen LogP contribution in [-0.4, -0.2) is 25.1 Å². The van der Waals surface area contributed by atoms with Crippen molar-refractivity contribution in [2.24, 2.45) is 5.73 Å². The van der Waals surface area contributed by atoms with Gasteiger partial charge in [-0.1, -0.05) is 25.0 Å². The number of carbonyl (C=O) groups is 1. The summed E-state index contributed by atoms with van der Waals surface area (Å²) >= 11 is 0. The maximum atomic E-state index is 11.3. The van der Waals surface area contributed by atoms with Crippen LogP contribution < -0.4 is 15.8 Å². The van der Waals surface area contributed by atoms with E-state index in [-0.39, 0.29) is 25.1 Å². The lowest BCUT2D eigenvalue weighted by molar-refractivity contribution is -0.122. The number of carbonyl (C=O) groups excluding carboxylic acids is 1. The summed E-state index contributed by atoms with van der Waals surface area (Å²) in [7, 11) is 0. The molecule has 0 saturated heterocycles.